The number of anilines is 1. The molecule has 4 aromatic rings. The van der Waals surface area contributed by atoms with Gasteiger partial charge < -0.3 is 10.1 Å². The molecule has 2 heterocycles. The Balaban J connectivity index is 1.66. The molecule has 10 heteroatoms. The van der Waals surface area contributed by atoms with Gasteiger partial charge in [0.25, 0.3) is 11.2 Å². The van der Waals surface area contributed by atoms with Gasteiger partial charge in [-0.3, -0.25) is 24.3 Å². The lowest BCUT2D eigenvalue weighted by molar-refractivity contribution is -0.384. The number of nitrogens with one attached hydrogen (secondary N) is 1. The normalized spacial score (nSPS) is 11.8. The van der Waals surface area contributed by atoms with Gasteiger partial charge in [-0.05, 0) is 48.9 Å². The van der Waals surface area contributed by atoms with E-state index in [4.69, 9.17) is 4.74 Å². The van der Waals surface area contributed by atoms with Crippen LogP contribution in [0.15, 0.2) is 65.0 Å². The standard InChI is InChI=1S/C22H18N4O5S/c1-13(20(27)24-15-5-9-17(31-2)10-6-15)25-12-23-21-19(22(25)28)18(11-32-21)14-3-7-16(8-4-14)26(29)30/h3-13H,1-2H3,(H,24,27). The third kappa shape index (κ3) is 3.95. The number of non-ortho nitro benzene ring substituents is 1. The molecule has 32 heavy (non-hydrogen) atoms. The number of nitro benzene ring substituents is 1. The predicted octanol–water partition coefficient (Wildman–Crippen LogP) is 4.24. The highest BCUT2D eigenvalue weighted by Gasteiger charge is 2.21. The second kappa shape index (κ2) is 8.60. The third-order valence-corrected chi connectivity index (χ3v) is 5.95. The van der Waals surface area contributed by atoms with Crippen molar-refractivity contribution in [2.24, 2.45) is 0 Å². The molecule has 4 rings (SSSR count). The van der Waals surface area contributed by atoms with E-state index < -0.39 is 11.0 Å². The molecule has 0 aliphatic carbocycles. The molecule has 1 N–H and O–H groups in total. The summed E-state index contributed by atoms with van der Waals surface area (Å²) in [4.78, 5) is 41.3. The highest BCUT2D eigenvalue weighted by atomic mass is 32.1. The van der Waals surface area contributed by atoms with Gasteiger partial charge in [-0.2, -0.15) is 0 Å². The summed E-state index contributed by atoms with van der Waals surface area (Å²) in [6, 6.07) is 12.0. The first-order valence-electron chi connectivity index (χ1n) is 9.57. The summed E-state index contributed by atoms with van der Waals surface area (Å²) in [7, 11) is 1.56. The first kappa shape index (κ1) is 21.2. The van der Waals surface area contributed by atoms with Crippen LogP contribution in [0.2, 0.25) is 0 Å². The lowest BCUT2D eigenvalue weighted by Crippen LogP contribution is -2.31. The average Bonchev–Trinajstić information content (AvgIpc) is 3.24. The van der Waals surface area contributed by atoms with E-state index in [0.29, 0.717) is 32.8 Å². The number of amides is 1. The van der Waals surface area contributed by atoms with Crippen molar-refractivity contribution in [1.82, 2.24) is 9.55 Å². The monoisotopic (exact) mass is 450 g/mol. The fraction of sp³-hybridized carbons (Fsp3) is 0.136. The Morgan fingerprint density at radius 1 is 1.19 bits per heavy atom. The van der Waals surface area contributed by atoms with E-state index in [9.17, 15) is 19.7 Å². The summed E-state index contributed by atoms with van der Waals surface area (Å²) >= 11 is 1.30. The number of hydrogen-bond donors (Lipinski definition) is 1. The number of carbonyl (C=O) groups excluding carboxylic acids is 1. The van der Waals surface area contributed by atoms with Crippen LogP contribution >= 0.6 is 11.3 Å². The number of thiophene rings is 1. The number of fused-ring (bicyclic) bond motifs is 1. The smallest absolute Gasteiger partial charge is 0.269 e. The van der Waals surface area contributed by atoms with Crippen molar-refractivity contribution < 1.29 is 14.5 Å². The molecule has 0 radical (unpaired) electrons. The molecule has 0 bridgehead atoms. The SMILES string of the molecule is COc1ccc(NC(=O)C(C)n2cnc3scc(-c4ccc([N+](=O)[O-])cc4)c3c2=O)cc1. The van der Waals surface area contributed by atoms with Crippen molar-refractivity contribution in [2.45, 2.75) is 13.0 Å². The Kier molecular flexibility index (Phi) is 5.69. The highest BCUT2D eigenvalue weighted by molar-refractivity contribution is 7.17. The maximum Gasteiger partial charge on any atom is 0.269 e. The van der Waals surface area contributed by atoms with Crippen LogP contribution in [-0.4, -0.2) is 27.5 Å². The van der Waals surface area contributed by atoms with Crippen molar-refractivity contribution >= 4 is 38.8 Å². The van der Waals surface area contributed by atoms with Crippen molar-refractivity contribution in [3.63, 3.8) is 0 Å². The van der Waals surface area contributed by atoms with Crippen LogP contribution in [0.3, 0.4) is 0 Å². The lowest BCUT2D eigenvalue weighted by atomic mass is 10.1. The molecule has 0 aliphatic rings. The zero-order valence-electron chi connectivity index (χ0n) is 17.1. The van der Waals surface area contributed by atoms with Gasteiger partial charge >= 0.3 is 0 Å². The van der Waals surface area contributed by atoms with Crippen LogP contribution in [0.4, 0.5) is 11.4 Å². The van der Waals surface area contributed by atoms with E-state index in [-0.39, 0.29) is 17.2 Å². The zero-order valence-corrected chi connectivity index (χ0v) is 18.0. The minimum absolute atomic E-state index is 0.0346. The summed E-state index contributed by atoms with van der Waals surface area (Å²) < 4.78 is 6.39. The molecule has 0 spiro atoms. The Labute approximate surface area is 186 Å². The molecule has 2 aromatic heterocycles. The molecular weight excluding hydrogens is 432 g/mol. The maximum absolute atomic E-state index is 13.3. The number of nitrogens with zero attached hydrogens (tertiary/aromatic N) is 3. The topological polar surface area (TPSA) is 116 Å². The number of nitro groups is 1. The Morgan fingerprint density at radius 3 is 2.50 bits per heavy atom. The minimum atomic E-state index is -0.814. The van der Waals surface area contributed by atoms with Crippen LogP contribution in [0, 0.1) is 10.1 Å². The van der Waals surface area contributed by atoms with Crippen molar-refractivity contribution in [1.29, 1.82) is 0 Å². The van der Waals surface area contributed by atoms with E-state index in [1.54, 1.807) is 55.8 Å². The molecule has 1 amide bonds. The third-order valence-electron chi connectivity index (χ3n) is 5.06. The summed E-state index contributed by atoms with van der Waals surface area (Å²) in [6.45, 7) is 1.62. The molecular formula is C22H18N4O5S. The minimum Gasteiger partial charge on any atom is -0.497 e. The Morgan fingerprint density at radius 2 is 1.88 bits per heavy atom. The van der Waals surface area contributed by atoms with Crippen molar-refractivity contribution in [3.05, 3.63) is 80.7 Å². The molecule has 1 atom stereocenters. The van der Waals surface area contributed by atoms with Crippen LogP contribution in [-0.2, 0) is 4.79 Å². The predicted molar refractivity (Wildman–Crippen MR) is 122 cm³/mol. The van der Waals surface area contributed by atoms with Gasteiger partial charge in [-0.25, -0.2) is 4.98 Å². The molecule has 2 aromatic carbocycles. The van der Waals surface area contributed by atoms with E-state index in [1.165, 1.54) is 34.4 Å². The molecule has 162 valence electrons. The number of aromatic nitrogens is 2. The molecule has 0 aliphatic heterocycles. The van der Waals surface area contributed by atoms with Crippen molar-refractivity contribution in [3.8, 4) is 16.9 Å². The molecule has 0 saturated carbocycles. The summed E-state index contributed by atoms with van der Waals surface area (Å²) in [6.07, 6.45) is 1.36. The molecule has 9 nitrogen and oxygen atoms in total. The van der Waals surface area contributed by atoms with Crippen LogP contribution < -0.4 is 15.6 Å². The number of benzene rings is 2. The van der Waals surface area contributed by atoms with E-state index >= 15 is 0 Å². The van der Waals surface area contributed by atoms with Gasteiger partial charge in [0, 0.05) is 28.8 Å². The first-order chi connectivity index (χ1) is 15.4. The van der Waals surface area contributed by atoms with Gasteiger partial charge in [-0.15, -0.1) is 11.3 Å². The fourth-order valence-electron chi connectivity index (χ4n) is 3.24. The van der Waals surface area contributed by atoms with E-state index in [2.05, 4.69) is 10.3 Å². The van der Waals surface area contributed by atoms with Gasteiger partial charge in [0.2, 0.25) is 5.91 Å². The Bertz CT molecular complexity index is 1360. The first-order valence-corrected chi connectivity index (χ1v) is 10.4. The number of carbonyl (C=O) groups is 1. The largest absolute Gasteiger partial charge is 0.497 e. The van der Waals surface area contributed by atoms with Gasteiger partial charge in [0.15, 0.2) is 0 Å². The zero-order chi connectivity index (χ0) is 22.8. The summed E-state index contributed by atoms with van der Waals surface area (Å²) in [5, 5.41) is 15.8. The highest BCUT2D eigenvalue weighted by Crippen LogP contribution is 2.32. The average molecular weight is 450 g/mol. The number of methoxy groups -OCH3 is 1. The fourth-order valence-corrected chi connectivity index (χ4v) is 4.15. The Hall–Kier alpha value is -4.05. The molecule has 0 saturated heterocycles. The number of ether oxygens (including phenoxy) is 1. The van der Waals surface area contributed by atoms with Crippen LogP contribution in [0.25, 0.3) is 21.3 Å². The number of rotatable bonds is 6. The quantitative estimate of drug-likeness (QED) is 0.347. The molecule has 0 fully saturated rings. The summed E-state index contributed by atoms with van der Waals surface area (Å²) in [5.41, 5.74) is 1.46. The van der Waals surface area contributed by atoms with Gasteiger partial charge in [0.05, 0.1) is 23.7 Å². The van der Waals surface area contributed by atoms with Crippen LogP contribution in [0.5, 0.6) is 5.75 Å². The van der Waals surface area contributed by atoms with Gasteiger partial charge in [0.1, 0.15) is 16.6 Å². The second-order valence-corrected chi connectivity index (χ2v) is 7.84. The van der Waals surface area contributed by atoms with E-state index in [1.807, 2.05) is 0 Å². The summed E-state index contributed by atoms with van der Waals surface area (Å²) in [5.74, 6) is 0.295. The molecule has 1 unspecified atom stereocenters. The second-order valence-electron chi connectivity index (χ2n) is 6.98. The van der Waals surface area contributed by atoms with Gasteiger partial charge in [-0.1, -0.05) is 0 Å². The van der Waals surface area contributed by atoms with Crippen LogP contribution in [0.1, 0.15) is 13.0 Å². The van der Waals surface area contributed by atoms with E-state index in [0.717, 1.165) is 0 Å². The lowest BCUT2D eigenvalue weighted by Gasteiger charge is -2.15. The number of hydrogen-bond acceptors (Lipinski definition) is 7. The maximum atomic E-state index is 13.3. The van der Waals surface area contributed by atoms with Crippen molar-refractivity contribution in [2.75, 3.05) is 12.4 Å².